The third-order valence-corrected chi connectivity index (χ3v) is 4.34. The number of aromatic nitrogens is 2. The Morgan fingerprint density at radius 3 is 2.70 bits per heavy atom. The van der Waals surface area contributed by atoms with Gasteiger partial charge in [-0.25, -0.2) is 13.2 Å². The number of carboxylic acid groups (broad SMARTS) is 1. The monoisotopic (exact) mass is 316 g/mol. The summed E-state index contributed by atoms with van der Waals surface area (Å²) in [6.45, 7) is 1.56. The van der Waals surface area contributed by atoms with E-state index in [4.69, 9.17) is 21.2 Å². The van der Waals surface area contributed by atoms with Crippen LogP contribution in [0.3, 0.4) is 0 Å². The van der Waals surface area contributed by atoms with E-state index in [1.165, 1.54) is 12.1 Å². The maximum Gasteiger partial charge on any atom is 0.337 e. The van der Waals surface area contributed by atoms with Crippen molar-refractivity contribution in [2.75, 3.05) is 0 Å². The number of aryl methyl sites for hydroxylation is 1. The van der Waals surface area contributed by atoms with Gasteiger partial charge in [-0.05, 0) is 25.1 Å². The average Bonchev–Trinajstić information content (AvgIpc) is 2.73. The third kappa shape index (κ3) is 2.97. The number of sulfone groups is 1. The summed E-state index contributed by atoms with van der Waals surface area (Å²) in [5.41, 5.74) is -0.283. The molecular formula is C11H9ClN2O5S. The molecule has 0 atom stereocenters. The Morgan fingerprint density at radius 1 is 1.45 bits per heavy atom. The Bertz CT molecular complexity index is 769. The second-order valence-corrected chi connectivity index (χ2v) is 6.34. The van der Waals surface area contributed by atoms with Crippen molar-refractivity contribution in [1.82, 2.24) is 10.1 Å². The summed E-state index contributed by atoms with van der Waals surface area (Å²) in [4.78, 5) is 14.6. The lowest BCUT2D eigenvalue weighted by molar-refractivity contribution is 0.0697. The predicted molar refractivity (Wildman–Crippen MR) is 68.3 cm³/mol. The van der Waals surface area contributed by atoms with Gasteiger partial charge in [0.15, 0.2) is 15.7 Å². The van der Waals surface area contributed by atoms with Gasteiger partial charge in [0, 0.05) is 0 Å². The largest absolute Gasteiger partial charge is 0.478 e. The van der Waals surface area contributed by atoms with E-state index in [2.05, 4.69) is 10.1 Å². The summed E-state index contributed by atoms with van der Waals surface area (Å²) in [7, 11) is -3.79. The van der Waals surface area contributed by atoms with Crippen molar-refractivity contribution < 1.29 is 22.8 Å². The number of aromatic carboxylic acids is 1. The van der Waals surface area contributed by atoms with Gasteiger partial charge >= 0.3 is 5.97 Å². The fraction of sp³-hybridized carbons (Fsp3) is 0.182. The van der Waals surface area contributed by atoms with Crippen LogP contribution in [-0.4, -0.2) is 29.6 Å². The quantitative estimate of drug-likeness (QED) is 0.913. The van der Waals surface area contributed by atoms with Crippen molar-refractivity contribution >= 4 is 27.4 Å². The van der Waals surface area contributed by atoms with E-state index in [0.29, 0.717) is 5.82 Å². The summed E-state index contributed by atoms with van der Waals surface area (Å²) in [5.74, 6) is -1.55. The molecule has 1 aromatic carbocycles. The zero-order chi connectivity index (χ0) is 14.9. The fourth-order valence-corrected chi connectivity index (χ4v) is 2.89. The maximum atomic E-state index is 12.1. The zero-order valence-electron chi connectivity index (χ0n) is 10.2. The lowest BCUT2D eigenvalue weighted by Crippen LogP contribution is -2.07. The minimum absolute atomic E-state index is 0.0370. The average molecular weight is 317 g/mol. The van der Waals surface area contributed by atoms with E-state index in [1.807, 2.05) is 0 Å². The number of rotatable bonds is 4. The molecule has 0 aliphatic carbocycles. The first-order valence-electron chi connectivity index (χ1n) is 5.34. The molecule has 0 aliphatic rings. The number of nitrogens with zero attached hydrogens (tertiary/aromatic N) is 2. The van der Waals surface area contributed by atoms with Gasteiger partial charge in [0.25, 0.3) is 0 Å². The minimum atomic E-state index is -3.79. The van der Waals surface area contributed by atoms with Crippen LogP contribution in [0.1, 0.15) is 22.1 Å². The van der Waals surface area contributed by atoms with Gasteiger partial charge in [0.2, 0.25) is 5.89 Å². The molecule has 0 radical (unpaired) electrons. The number of halogens is 1. The van der Waals surface area contributed by atoms with Gasteiger partial charge < -0.3 is 9.63 Å². The predicted octanol–water partition coefficient (Wildman–Crippen LogP) is 1.70. The third-order valence-electron chi connectivity index (χ3n) is 2.41. The van der Waals surface area contributed by atoms with E-state index >= 15 is 0 Å². The summed E-state index contributed by atoms with van der Waals surface area (Å²) >= 11 is 5.69. The van der Waals surface area contributed by atoms with Crippen LogP contribution in [0.2, 0.25) is 5.02 Å². The van der Waals surface area contributed by atoms with Crippen LogP contribution in [0.5, 0.6) is 0 Å². The number of hydrogen-bond acceptors (Lipinski definition) is 6. The molecule has 1 heterocycles. The van der Waals surface area contributed by atoms with E-state index < -0.39 is 21.6 Å². The molecule has 1 aromatic heterocycles. The van der Waals surface area contributed by atoms with Crippen molar-refractivity contribution in [2.45, 2.75) is 17.6 Å². The molecular weight excluding hydrogens is 308 g/mol. The topological polar surface area (TPSA) is 110 Å². The van der Waals surface area contributed by atoms with E-state index in [-0.39, 0.29) is 21.4 Å². The Balaban J connectivity index is 2.39. The second kappa shape index (κ2) is 5.22. The molecule has 0 unspecified atom stereocenters. The minimum Gasteiger partial charge on any atom is -0.478 e. The van der Waals surface area contributed by atoms with Crippen molar-refractivity contribution in [3.8, 4) is 0 Å². The Morgan fingerprint density at radius 2 is 2.15 bits per heavy atom. The lowest BCUT2D eigenvalue weighted by Gasteiger charge is -2.04. The molecule has 2 rings (SSSR count). The summed E-state index contributed by atoms with van der Waals surface area (Å²) in [6, 6.07) is 3.45. The van der Waals surface area contributed by atoms with Gasteiger partial charge in [0.05, 0.1) is 15.5 Å². The van der Waals surface area contributed by atoms with Gasteiger partial charge in [-0.1, -0.05) is 16.8 Å². The highest BCUT2D eigenvalue weighted by molar-refractivity contribution is 7.90. The van der Waals surface area contributed by atoms with Crippen LogP contribution in [0.25, 0.3) is 0 Å². The zero-order valence-corrected chi connectivity index (χ0v) is 11.8. The van der Waals surface area contributed by atoms with Gasteiger partial charge in [-0.2, -0.15) is 4.98 Å². The number of hydrogen-bond donors (Lipinski definition) is 1. The molecule has 2 aromatic rings. The van der Waals surface area contributed by atoms with Crippen LogP contribution in [0, 0.1) is 6.92 Å². The van der Waals surface area contributed by atoms with Crippen LogP contribution in [-0.2, 0) is 15.6 Å². The number of carbonyl (C=O) groups is 1. The lowest BCUT2D eigenvalue weighted by atomic mass is 10.2. The molecule has 0 saturated carbocycles. The summed E-state index contributed by atoms with van der Waals surface area (Å²) in [5, 5.41) is 12.4. The molecule has 0 spiro atoms. The maximum absolute atomic E-state index is 12.1. The van der Waals surface area contributed by atoms with Crippen LogP contribution < -0.4 is 0 Å². The summed E-state index contributed by atoms with van der Waals surface area (Å²) in [6.07, 6.45) is 0. The molecule has 0 amide bonds. The number of benzene rings is 1. The Labute approximate surface area is 119 Å². The smallest absolute Gasteiger partial charge is 0.337 e. The highest BCUT2D eigenvalue weighted by Crippen LogP contribution is 2.22. The molecule has 9 heteroatoms. The summed E-state index contributed by atoms with van der Waals surface area (Å²) < 4.78 is 29.0. The first kappa shape index (κ1) is 14.5. The van der Waals surface area contributed by atoms with Gasteiger partial charge in [0.1, 0.15) is 5.75 Å². The van der Waals surface area contributed by atoms with Gasteiger partial charge in [-0.15, -0.1) is 0 Å². The molecule has 0 aliphatic heterocycles. The van der Waals surface area contributed by atoms with Crippen LogP contribution >= 0.6 is 11.6 Å². The second-order valence-electron chi connectivity index (χ2n) is 3.94. The first-order valence-corrected chi connectivity index (χ1v) is 7.37. The van der Waals surface area contributed by atoms with Crippen molar-refractivity contribution in [3.63, 3.8) is 0 Å². The van der Waals surface area contributed by atoms with Crippen molar-refractivity contribution in [2.24, 2.45) is 0 Å². The molecule has 106 valence electrons. The SMILES string of the molecule is Cc1noc(CS(=O)(=O)c2ccc(Cl)c(C(=O)O)c2)n1. The van der Waals surface area contributed by atoms with Crippen LogP contribution in [0.4, 0.5) is 0 Å². The molecule has 1 N–H and O–H groups in total. The van der Waals surface area contributed by atoms with E-state index in [9.17, 15) is 13.2 Å². The molecule has 0 saturated heterocycles. The fourth-order valence-electron chi connectivity index (χ4n) is 1.51. The standard InChI is InChI=1S/C11H9ClN2O5S/c1-6-13-10(19-14-6)5-20(17,18)7-2-3-9(12)8(4-7)11(15)16/h2-4H,5H2,1H3,(H,15,16). The van der Waals surface area contributed by atoms with E-state index in [1.54, 1.807) is 6.92 Å². The molecule has 0 fully saturated rings. The highest BCUT2D eigenvalue weighted by atomic mass is 35.5. The van der Waals surface area contributed by atoms with Crippen molar-refractivity contribution in [1.29, 1.82) is 0 Å². The number of carboxylic acids is 1. The molecule has 20 heavy (non-hydrogen) atoms. The van der Waals surface area contributed by atoms with Crippen molar-refractivity contribution in [3.05, 3.63) is 40.5 Å². The Kier molecular flexibility index (Phi) is 3.78. The first-order chi connectivity index (χ1) is 9.29. The highest BCUT2D eigenvalue weighted by Gasteiger charge is 2.21. The van der Waals surface area contributed by atoms with E-state index in [0.717, 1.165) is 6.07 Å². The van der Waals surface area contributed by atoms with Gasteiger partial charge in [-0.3, -0.25) is 0 Å². The Hall–Kier alpha value is -1.93. The van der Waals surface area contributed by atoms with Crippen LogP contribution in [0.15, 0.2) is 27.6 Å². The normalized spacial score (nSPS) is 11.5. The molecule has 0 bridgehead atoms. The molecule has 7 nitrogen and oxygen atoms in total.